The van der Waals surface area contributed by atoms with Gasteiger partial charge >= 0.3 is 5.97 Å². The number of unbranched alkanes of at least 4 members (excludes halogenated alkanes) is 2. The molecule has 7 atom stereocenters. The van der Waals surface area contributed by atoms with Gasteiger partial charge in [-0.3, -0.25) is 14.4 Å². The zero-order chi connectivity index (χ0) is 27.4. The van der Waals surface area contributed by atoms with Gasteiger partial charge in [-0.15, -0.1) is 24.9 Å². The van der Waals surface area contributed by atoms with Crippen LogP contribution in [0.15, 0.2) is 25.3 Å². The molecule has 3 unspecified atom stereocenters. The number of carbonyl (C=O) groups is 3. The molecule has 2 amide bonds. The first kappa shape index (κ1) is 29.7. The van der Waals surface area contributed by atoms with Crippen molar-refractivity contribution in [3.05, 3.63) is 25.3 Å². The molecule has 7 nitrogen and oxygen atoms in total. The Morgan fingerprint density at radius 2 is 2.00 bits per heavy atom. The molecule has 0 aromatic rings. The predicted molar refractivity (Wildman–Crippen MR) is 154 cm³/mol. The molecule has 3 aliphatic heterocycles. The fourth-order valence-electron chi connectivity index (χ4n) is 7.19. The Morgan fingerprint density at radius 3 is 2.63 bits per heavy atom. The number of halogens is 1. The summed E-state index contributed by atoms with van der Waals surface area (Å²) in [5, 5.41) is 10.2. The van der Waals surface area contributed by atoms with E-state index in [1.165, 1.54) is 6.42 Å². The van der Waals surface area contributed by atoms with E-state index in [0.717, 1.165) is 44.9 Å². The average Bonchev–Trinajstić information content (AvgIpc) is 3.51. The molecular formula is C29H43BrN2O5S. The summed E-state index contributed by atoms with van der Waals surface area (Å²) in [5.74, 6) is -1.83. The molecule has 0 radical (unpaired) electrons. The van der Waals surface area contributed by atoms with Crippen molar-refractivity contribution < 1.29 is 24.2 Å². The largest absolute Gasteiger partial charge is 0.465 e. The van der Waals surface area contributed by atoms with Crippen molar-refractivity contribution in [1.82, 2.24) is 9.80 Å². The first-order valence-electron chi connectivity index (χ1n) is 14.3. The third-order valence-corrected chi connectivity index (χ3v) is 12.2. The highest BCUT2D eigenvalue weighted by molar-refractivity contribution is 9.09. The van der Waals surface area contributed by atoms with Crippen LogP contribution < -0.4 is 0 Å². The zero-order valence-electron chi connectivity index (χ0n) is 22.6. The molecule has 3 saturated heterocycles. The fraction of sp³-hybridized carbons (Fsp3) is 0.759. The number of rotatable bonds is 13. The Balaban J connectivity index is 1.68. The maximum Gasteiger partial charge on any atom is 0.310 e. The zero-order valence-corrected chi connectivity index (χ0v) is 25.0. The van der Waals surface area contributed by atoms with Crippen molar-refractivity contribution in [3.8, 4) is 0 Å². The van der Waals surface area contributed by atoms with Crippen LogP contribution in [-0.2, 0) is 19.1 Å². The van der Waals surface area contributed by atoms with E-state index in [1.54, 1.807) is 22.7 Å². The van der Waals surface area contributed by atoms with Crippen molar-refractivity contribution in [2.24, 2.45) is 11.8 Å². The third kappa shape index (κ3) is 5.24. The second kappa shape index (κ2) is 12.9. The lowest BCUT2D eigenvalue weighted by atomic mass is 9.71. The van der Waals surface area contributed by atoms with Gasteiger partial charge in [0.25, 0.3) is 0 Å². The van der Waals surface area contributed by atoms with Gasteiger partial charge in [-0.05, 0) is 44.9 Å². The van der Waals surface area contributed by atoms with Crippen LogP contribution >= 0.6 is 27.7 Å². The molecule has 1 spiro atoms. The molecule has 38 heavy (non-hydrogen) atoms. The lowest BCUT2D eigenvalue weighted by Gasteiger charge is -2.42. The summed E-state index contributed by atoms with van der Waals surface area (Å²) in [7, 11) is 0. The number of ether oxygens (including phenoxy) is 1. The number of aliphatic hydroxyl groups is 1. The molecule has 1 aliphatic carbocycles. The van der Waals surface area contributed by atoms with Crippen molar-refractivity contribution in [2.75, 3.05) is 19.8 Å². The smallest absolute Gasteiger partial charge is 0.310 e. The number of likely N-dealkylation sites (tertiary alicyclic amines) is 1. The Bertz CT molecular complexity index is 907. The van der Waals surface area contributed by atoms with E-state index in [2.05, 4.69) is 29.1 Å². The molecular weight excluding hydrogens is 568 g/mol. The monoisotopic (exact) mass is 610 g/mol. The average molecular weight is 612 g/mol. The second-order valence-corrected chi connectivity index (χ2v) is 13.9. The van der Waals surface area contributed by atoms with Crippen LogP contribution in [0.5, 0.6) is 0 Å². The Morgan fingerprint density at radius 1 is 1.26 bits per heavy atom. The molecule has 9 heteroatoms. The van der Waals surface area contributed by atoms with Crippen molar-refractivity contribution in [3.63, 3.8) is 0 Å². The number of allylic oxidation sites excluding steroid dienone is 1. The van der Waals surface area contributed by atoms with Gasteiger partial charge in [-0.25, -0.2) is 0 Å². The van der Waals surface area contributed by atoms with Gasteiger partial charge in [0.05, 0.1) is 35.8 Å². The van der Waals surface area contributed by atoms with Crippen LogP contribution in [0, 0.1) is 11.8 Å². The van der Waals surface area contributed by atoms with E-state index >= 15 is 0 Å². The number of thioether (sulfide) groups is 1. The minimum Gasteiger partial charge on any atom is -0.465 e. The summed E-state index contributed by atoms with van der Waals surface area (Å²) in [4.78, 5) is 45.8. The van der Waals surface area contributed by atoms with Gasteiger partial charge in [0.1, 0.15) is 6.04 Å². The summed E-state index contributed by atoms with van der Waals surface area (Å²) < 4.78 is 4.99. The van der Waals surface area contributed by atoms with E-state index < -0.39 is 28.7 Å². The molecule has 4 fully saturated rings. The molecule has 212 valence electrons. The van der Waals surface area contributed by atoms with Crippen LogP contribution in [0.4, 0.5) is 0 Å². The number of esters is 1. The van der Waals surface area contributed by atoms with E-state index in [4.69, 9.17) is 4.74 Å². The summed E-state index contributed by atoms with van der Waals surface area (Å²) in [6.45, 7) is 10.1. The number of hydrogen-bond donors (Lipinski definition) is 1. The van der Waals surface area contributed by atoms with E-state index in [9.17, 15) is 19.5 Å². The van der Waals surface area contributed by atoms with Gasteiger partial charge in [-0.2, -0.15) is 0 Å². The predicted octanol–water partition coefficient (Wildman–Crippen LogP) is 4.47. The lowest BCUT2D eigenvalue weighted by Crippen LogP contribution is -2.59. The number of alkyl halides is 1. The fourth-order valence-corrected chi connectivity index (χ4v) is 10.8. The minimum atomic E-state index is -0.726. The highest BCUT2D eigenvalue weighted by Gasteiger charge is 2.76. The highest BCUT2D eigenvalue weighted by atomic mass is 79.9. The topological polar surface area (TPSA) is 87.1 Å². The second-order valence-electron chi connectivity index (χ2n) is 11.2. The summed E-state index contributed by atoms with van der Waals surface area (Å²) in [6, 6.07) is -1.08. The third-order valence-electron chi connectivity index (χ3n) is 8.98. The van der Waals surface area contributed by atoms with Crippen molar-refractivity contribution >= 4 is 45.5 Å². The van der Waals surface area contributed by atoms with Crippen LogP contribution in [0.2, 0.25) is 0 Å². The standard InChI is InChI=1S/C29H43BrN2O5S/c1-4-7-8-12-16-37-28(36)22-23-26(34)32(19(6-3)18-33)25(29(23)17-21(30)24(22)38-29)27(35)31(15-5-2)20-13-10-9-11-14-20/h4-5,19-25,33H,1-2,6-18H2,3H3/t19-,21?,22-,23-,24-,25?,29?/m0/s1. The Hall–Kier alpha value is -1.32. The molecule has 4 rings (SSSR count). The van der Waals surface area contributed by atoms with Crippen LogP contribution in [0.1, 0.15) is 71.1 Å². The minimum absolute atomic E-state index is 0.00172. The summed E-state index contributed by atoms with van der Waals surface area (Å²) in [5.41, 5.74) is 0. The SMILES string of the molecule is C=CCCCCOC(=O)[C@H]1[C@H]2C(=O)N([C@@H](CC)CO)C(C(=O)N(CC=C)C3CCCCC3)C23CC(Br)[C@@H]1S3. The van der Waals surface area contributed by atoms with Crippen LogP contribution in [0.3, 0.4) is 0 Å². The molecule has 3 heterocycles. The number of amides is 2. The first-order valence-corrected chi connectivity index (χ1v) is 16.1. The van der Waals surface area contributed by atoms with Gasteiger partial charge in [0, 0.05) is 22.7 Å². The highest BCUT2D eigenvalue weighted by Crippen LogP contribution is 2.68. The number of carbonyl (C=O) groups excluding carboxylic acids is 3. The summed E-state index contributed by atoms with van der Waals surface area (Å²) in [6.07, 6.45) is 12.5. The summed E-state index contributed by atoms with van der Waals surface area (Å²) >= 11 is 5.44. The van der Waals surface area contributed by atoms with Crippen molar-refractivity contribution in [1.29, 1.82) is 0 Å². The first-order chi connectivity index (χ1) is 18.4. The van der Waals surface area contributed by atoms with Crippen molar-refractivity contribution in [2.45, 2.75) is 104 Å². The van der Waals surface area contributed by atoms with Gasteiger partial charge < -0.3 is 19.6 Å². The normalized spacial score (nSPS) is 33.2. The maximum atomic E-state index is 14.6. The quantitative estimate of drug-likeness (QED) is 0.143. The number of hydrogen-bond acceptors (Lipinski definition) is 6. The molecule has 1 saturated carbocycles. The maximum absolute atomic E-state index is 14.6. The molecule has 1 N–H and O–H groups in total. The Kier molecular flexibility index (Phi) is 10.1. The van der Waals surface area contributed by atoms with Crippen LogP contribution in [-0.4, -0.2) is 85.4 Å². The molecule has 0 aromatic heterocycles. The molecule has 0 aromatic carbocycles. The lowest BCUT2D eigenvalue weighted by molar-refractivity contribution is -0.154. The molecule has 2 bridgehead atoms. The Labute approximate surface area is 239 Å². The number of nitrogens with zero attached hydrogens (tertiary/aromatic N) is 2. The van der Waals surface area contributed by atoms with E-state index in [-0.39, 0.29) is 40.5 Å². The van der Waals surface area contributed by atoms with Gasteiger partial charge in [-0.1, -0.05) is 54.3 Å². The number of aliphatic hydroxyl groups excluding tert-OH is 1. The molecule has 4 aliphatic rings. The van der Waals surface area contributed by atoms with E-state index in [0.29, 0.717) is 26.0 Å². The van der Waals surface area contributed by atoms with E-state index in [1.807, 2.05) is 17.9 Å². The van der Waals surface area contributed by atoms with Gasteiger partial charge in [0.15, 0.2) is 0 Å². The van der Waals surface area contributed by atoms with Gasteiger partial charge in [0.2, 0.25) is 11.8 Å². The number of fused-ring (bicyclic) bond motifs is 1. The van der Waals surface area contributed by atoms with Crippen LogP contribution in [0.25, 0.3) is 0 Å².